The number of hydrogen-bond donors (Lipinski definition) is 1. The van der Waals surface area contributed by atoms with Crippen molar-refractivity contribution in [1.29, 1.82) is 0 Å². The minimum atomic E-state index is -0.919. The first kappa shape index (κ1) is 12.3. The Labute approximate surface area is 111 Å². The molecule has 2 aromatic rings. The second-order valence-electron chi connectivity index (χ2n) is 3.07. The summed E-state index contributed by atoms with van der Waals surface area (Å²) in [6.45, 7) is 0. The fraction of sp³-hybridized carbons (Fsp3) is 0.100. The van der Waals surface area contributed by atoms with Gasteiger partial charge in [-0.05, 0) is 35.9 Å². The third-order valence-electron chi connectivity index (χ3n) is 1.91. The minimum Gasteiger partial charge on any atom is -0.478 e. The molecule has 1 heterocycles. The summed E-state index contributed by atoms with van der Waals surface area (Å²) in [5.41, 5.74) is 0.285. The van der Waals surface area contributed by atoms with Crippen molar-refractivity contribution in [3.8, 4) is 0 Å². The molecule has 88 valence electrons. The fourth-order valence-electron chi connectivity index (χ4n) is 1.13. The summed E-state index contributed by atoms with van der Waals surface area (Å²) in [5, 5.41) is 17.2. The van der Waals surface area contributed by atoms with Gasteiger partial charge >= 0.3 is 5.97 Å². The van der Waals surface area contributed by atoms with Gasteiger partial charge in [-0.15, -0.1) is 22.0 Å². The Morgan fingerprint density at radius 3 is 2.59 bits per heavy atom. The zero-order chi connectivity index (χ0) is 12.3. The normalized spacial score (nSPS) is 10.4. The predicted molar refractivity (Wildman–Crippen MR) is 67.9 cm³/mol. The number of rotatable bonds is 4. The molecule has 7 heteroatoms. The van der Waals surface area contributed by atoms with Crippen LogP contribution >= 0.6 is 34.7 Å². The van der Waals surface area contributed by atoms with E-state index in [0.29, 0.717) is 10.2 Å². The van der Waals surface area contributed by atoms with Gasteiger partial charge in [0.05, 0.1) is 11.3 Å². The summed E-state index contributed by atoms with van der Waals surface area (Å²) in [6.07, 6.45) is 0. The lowest BCUT2D eigenvalue weighted by Crippen LogP contribution is -1.94. The van der Waals surface area contributed by atoms with Gasteiger partial charge in [-0.3, -0.25) is 0 Å². The summed E-state index contributed by atoms with van der Waals surface area (Å²) >= 11 is 8.58. The maximum Gasteiger partial charge on any atom is 0.335 e. The lowest BCUT2D eigenvalue weighted by atomic mass is 10.2. The molecule has 0 radical (unpaired) electrons. The van der Waals surface area contributed by atoms with Crippen LogP contribution in [0.25, 0.3) is 0 Å². The van der Waals surface area contributed by atoms with E-state index in [9.17, 15) is 4.79 Å². The van der Waals surface area contributed by atoms with Gasteiger partial charge < -0.3 is 5.11 Å². The van der Waals surface area contributed by atoms with E-state index in [4.69, 9.17) is 16.7 Å². The molecule has 0 amide bonds. The van der Waals surface area contributed by atoms with Gasteiger partial charge in [0.2, 0.25) is 4.47 Å². The lowest BCUT2D eigenvalue weighted by Gasteiger charge is -1.99. The molecule has 0 bridgehead atoms. The smallest absolute Gasteiger partial charge is 0.335 e. The van der Waals surface area contributed by atoms with Crippen molar-refractivity contribution >= 4 is 40.7 Å². The van der Waals surface area contributed by atoms with Crippen molar-refractivity contribution in [3.05, 3.63) is 39.3 Å². The van der Waals surface area contributed by atoms with Gasteiger partial charge in [0.25, 0.3) is 0 Å². The van der Waals surface area contributed by atoms with Crippen molar-refractivity contribution in [2.45, 2.75) is 10.6 Å². The maximum atomic E-state index is 10.7. The minimum absolute atomic E-state index is 0.285. The molecule has 0 aliphatic carbocycles. The molecule has 4 nitrogen and oxygen atoms in total. The number of hydrogen-bond acceptors (Lipinski definition) is 5. The molecule has 0 atom stereocenters. The van der Waals surface area contributed by atoms with Crippen molar-refractivity contribution in [2.24, 2.45) is 0 Å². The zero-order valence-corrected chi connectivity index (χ0v) is 10.8. The van der Waals surface area contributed by atoms with Gasteiger partial charge in [0, 0.05) is 4.90 Å². The highest BCUT2D eigenvalue weighted by atomic mass is 35.5. The van der Waals surface area contributed by atoms with E-state index in [1.54, 1.807) is 36.0 Å². The topological polar surface area (TPSA) is 63.1 Å². The molecule has 0 saturated heterocycles. The quantitative estimate of drug-likeness (QED) is 0.875. The molecule has 0 spiro atoms. The predicted octanol–water partition coefficient (Wildman–Crippen LogP) is 3.18. The summed E-state index contributed by atoms with van der Waals surface area (Å²) in [4.78, 5) is 11.6. The molecule has 1 aromatic heterocycles. The Morgan fingerprint density at radius 2 is 2.06 bits per heavy atom. The van der Waals surface area contributed by atoms with E-state index in [0.717, 1.165) is 9.90 Å². The van der Waals surface area contributed by atoms with E-state index < -0.39 is 5.97 Å². The van der Waals surface area contributed by atoms with Gasteiger partial charge in [0.1, 0.15) is 5.01 Å². The summed E-state index contributed by atoms with van der Waals surface area (Å²) < 4.78 is 0.432. The second kappa shape index (κ2) is 5.48. The van der Waals surface area contributed by atoms with Crippen LogP contribution in [0, 0.1) is 0 Å². The van der Waals surface area contributed by atoms with Crippen LogP contribution in [0.1, 0.15) is 15.4 Å². The Morgan fingerprint density at radius 1 is 1.35 bits per heavy atom. The summed E-state index contributed by atoms with van der Waals surface area (Å²) in [6, 6.07) is 6.71. The lowest BCUT2D eigenvalue weighted by molar-refractivity contribution is 0.0697. The first-order valence-electron chi connectivity index (χ1n) is 4.59. The highest BCUT2D eigenvalue weighted by Gasteiger charge is 2.04. The van der Waals surface area contributed by atoms with Crippen molar-refractivity contribution in [3.63, 3.8) is 0 Å². The van der Waals surface area contributed by atoms with Crippen LogP contribution in [0.4, 0.5) is 0 Å². The Hall–Kier alpha value is -1.11. The number of carbonyl (C=O) groups is 1. The van der Waals surface area contributed by atoms with Crippen LogP contribution in [-0.4, -0.2) is 21.3 Å². The fourth-order valence-corrected chi connectivity index (χ4v) is 2.88. The number of aromatic carboxylic acids is 1. The first-order chi connectivity index (χ1) is 8.15. The SMILES string of the molecule is O=C(O)c1ccc(SCc2nnc(Cl)s2)cc1. The summed E-state index contributed by atoms with van der Waals surface area (Å²) in [7, 11) is 0. The molecule has 1 N–H and O–H groups in total. The zero-order valence-electron chi connectivity index (χ0n) is 8.46. The molecule has 0 fully saturated rings. The van der Waals surface area contributed by atoms with E-state index >= 15 is 0 Å². The van der Waals surface area contributed by atoms with Crippen LogP contribution in [0.2, 0.25) is 4.47 Å². The molecule has 0 aliphatic rings. The number of aromatic nitrogens is 2. The molecular formula is C10H7ClN2O2S2. The third kappa shape index (κ3) is 3.42. The van der Waals surface area contributed by atoms with Crippen LogP contribution < -0.4 is 0 Å². The third-order valence-corrected chi connectivity index (χ3v) is 4.13. The standard InChI is InChI=1S/C10H7ClN2O2S2/c11-10-13-12-8(17-10)5-16-7-3-1-6(2-4-7)9(14)15/h1-4H,5H2,(H,14,15). The first-order valence-corrected chi connectivity index (χ1v) is 6.77. The highest BCUT2D eigenvalue weighted by molar-refractivity contribution is 7.98. The molecule has 2 rings (SSSR count). The number of halogens is 1. The van der Waals surface area contributed by atoms with Crippen LogP contribution in [-0.2, 0) is 5.75 Å². The van der Waals surface area contributed by atoms with Gasteiger partial charge in [-0.2, -0.15) is 0 Å². The number of thioether (sulfide) groups is 1. The largest absolute Gasteiger partial charge is 0.478 e. The second-order valence-corrected chi connectivity index (χ2v) is 5.76. The number of nitrogens with zero attached hydrogens (tertiary/aromatic N) is 2. The van der Waals surface area contributed by atoms with E-state index in [-0.39, 0.29) is 5.56 Å². The van der Waals surface area contributed by atoms with Gasteiger partial charge in [0.15, 0.2) is 0 Å². The van der Waals surface area contributed by atoms with E-state index in [1.165, 1.54) is 11.3 Å². The van der Waals surface area contributed by atoms with Crippen LogP contribution in [0.15, 0.2) is 29.2 Å². The number of benzene rings is 1. The number of carboxylic acids is 1. The molecule has 0 aliphatic heterocycles. The Balaban J connectivity index is 1.97. The molecule has 0 saturated carbocycles. The van der Waals surface area contributed by atoms with Crippen LogP contribution in [0.3, 0.4) is 0 Å². The molecular weight excluding hydrogens is 280 g/mol. The monoisotopic (exact) mass is 286 g/mol. The Bertz CT molecular complexity index is 527. The van der Waals surface area contributed by atoms with Gasteiger partial charge in [-0.1, -0.05) is 11.3 Å². The average molecular weight is 287 g/mol. The maximum absolute atomic E-state index is 10.7. The number of carboxylic acid groups (broad SMARTS) is 1. The summed E-state index contributed by atoms with van der Waals surface area (Å²) in [5.74, 6) is -0.242. The van der Waals surface area contributed by atoms with E-state index in [1.807, 2.05) is 0 Å². The van der Waals surface area contributed by atoms with Crippen molar-refractivity contribution < 1.29 is 9.90 Å². The molecule has 0 unspecified atom stereocenters. The Kier molecular flexibility index (Phi) is 3.98. The van der Waals surface area contributed by atoms with E-state index in [2.05, 4.69) is 10.2 Å². The van der Waals surface area contributed by atoms with Crippen molar-refractivity contribution in [1.82, 2.24) is 10.2 Å². The van der Waals surface area contributed by atoms with Gasteiger partial charge in [-0.25, -0.2) is 4.79 Å². The molecule has 1 aromatic carbocycles. The highest BCUT2D eigenvalue weighted by Crippen LogP contribution is 2.25. The van der Waals surface area contributed by atoms with Crippen LogP contribution in [0.5, 0.6) is 0 Å². The molecule has 17 heavy (non-hydrogen) atoms. The average Bonchev–Trinajstić information content (AvgIpc) is 2.73. The van der Waals surface area contributed by atoms with Crippen molar-refractivity contribution in [2.75, 3.05) is 0 Å².